The van der Waals surface area contributed by atoms with Gasteiger partial charge in [0.2, 0.25) is 0 Å². The van der Waals surface area contributed by atoms with Gasteiger partial charge in [0.15, 0.2) is 21.3 Å². The largest absolute Gasteiger partial charge is 0.493 e. The van der Waals surface area contributed by atoms with Crippen LogP contribution in [0.3, 0.4) is 0 Å². The summed E-state index contributed by atoms with van der Waals surface area (Å²) in [5.41, 5.74) is 5.59. The Labute approximate surface area is 170 Å². The fraction of sp³-hybridized carbons (Fsp3) is 0.300. The zero-order valence-electron chi connectivity index (χ0n) is 16.7. The Balaban J connectivity index is 2.12. The van der Waals surface area contributed by atoms with E-state index < -0.39 is 21.7 Å². The molecule has 0 aliphatic rings. The summed E-state index contributed by atoms with van der Waals surface area (Å²) in [5, 5.41) is 0. The number of aryl methyl sites for hydroxylation is 1. The highest BCUT2D eigenvalue weighted by Crippen LogP contribution is 2.28. The number of ether oxygens (including phenoxy) is 2. The van der Waals surface area contributed by atoms with Crippen LogP contribution in [0.5, 0.6) is 11.5 Å². The Morgan fingerprint density at radius 1 is 1.00 bits per heavy atom. The van der Waals surface area contributed by atoms with E-state index in [0.717, 1.165) is 12.7 Å². The van der Waals surface area contributed by atoms with Crippen LogP contribution in [-0.4, -0.2) is 40.2 Å². The Hall–Kier alpha value is -3.07. The maximum absolute atomic E-state index is 12.4. The number of sulfone groups is 1. The number of carbonyl (C=O) groups is 2. The third-order valence-electron chi connectivity index (χ3n) is 4.06. The van der Waals surface area contributed by atoms with E-state index in [1.807, 2.05) is 6.92 Å². The minimum Gasteiger partial charge on any atom is -0.493 e. The van der Waals surface area contributed by atoms with Crippen molar-refractivity contribution in [2.75, 3.05) is 20.0 Å². The molecule has 29 heavy (non-hydrogen) atoms. The molecule has 8 nitrogen and oxygen atoms in total. The summed E-state index contributed by atoms with van der Waals surface area (Å²) in [5.74, 6) is -0.274. The van der Waals surface area contributed by atoms with Crippen molar-refractivity contribution in [3.63, 3.8) is 0 Å². The number of carbonyl (C=O) groups excluding carboxylic acids is 2. The van der Waals surface area contributed by atoms with Gasteiger partial charge in [0.1, 0.15) is 0 Å². The molecule has 0 saturated carbocycles. The second-order valence-electron chi connectivity index (χ2n) is 6.37. The molecular weight excluding hydrogens is 396 g/mol. The molecule has 156 valence electrons. The molecule has 0 atom stereocenters. The number of benzene rings is 2. The predicted molar refractivity (Wildman–Crippen MR) is 108 cm³/mol. The van der Waals surface area contributed by atoms with Gasteiger partial charge >= 0.3 is 0 Å². The molecule has 9 heteroatoms. The van der Waals surface area contributed by atoms with Gasteiger partial charge in [0.25, 0.3) is 11.8 Å². The molecule has 0 aromatic heterocycles. The number of amides is 2. The van der Waals surface area contributed by atoms with Crippen LogP contribution in [0.25, 0.3) is 0 Å². The maximum Gasteiger partial charge on any atom is 0.270 e. The minimum absolute atomic E-state index is 0.0204. The van der Waals surface area contributed by atoms with E-state index >= 15 is 0 Å². The highest BCUT2D eigenvalue weighted by atomic mass is 32.2. The zero-order chi connectivity index (χ0) is 21.6. The quantitative estimate of drug-likeness (QED) is 0.665. The van der Waals surface area contributed by atoms with Crippen molar-refractivity contribution < 1.29 is 27.5 Å². The van der Waals surface area contributed by atoms with Crippen molar-refractivity contribution in [3.8, 4) is 11.5 Å². The van der Waals surface area contributed by atoms with Crippen LogP contribution in [0.4, 0.5) is 0 Å². The molecule has 2 rings (SSSR count). The average Bonchev–Trinajstić information content (AvgIpc) is 2.69. The maximum atomic E-state index is 12.4. The van der Waals surface area contributed by atoms with Gasteiger partial charge in [-0.2, -0.15) is 0 Å². The summed E-state index contributed by atoms with van der Waals surface area (Å²) >= 11 is 0. The summed E-state index contributed by atoms with van der Waals surface area (Å²) in [7, 11) is -1.99. The van der Waals surface area contributed by atoms with Gasteiger partial charge in [-0.25, -0.2) is 8.42 Å². The molecule has 0 aliphatic carbocycles. The van der Waals surface area contributed by atoms with Crippen molar-refractivity contribution in [1.29, 1.82) is 0 Å². The SMILES string of the molecule is CCCOc1ccc(C(=O)NNC(=O)c2cc(S(C)(=O)=O)ccc2C)cc1OC. The Kier molecular flexibility index (Phi) is 7.22. The van der Waals surface area contributed by atoms with Gasteiger partial charge < -0.3 is 9.47 Å². The van der Waals surface area contributed by atoms with Gasteiger partial charge in [-0.1, -0.05) is 13.0 Å². The van der Waals surface area contributed by atoms with Gasteiger partial charge in [0.05, 0.1) is 18.6 Å². The summed E-state index contributed by atoms with van der Waals surface area (Å²) in [6.07, 6.45) is 1.89. The first-order valence-electron chi connectivity index (χ1n) is 8.89. The molecule has 0 heterocycles. The first kappa shape index (κ1) is 22.2. The van der Waals surface area contributed by atoms with Crippen molar-refractivity contribution >= 4 is 21.7 Å². The number of rotatable bonds is 7. The van der Waals surface area contributed by atoms with E-state index in [-0.39, 0.29) is 16.0 Å². The third kappa shape index (κ3) is 5.71. The summed E-state index contributed by atoms with van der Waals surface area (Å²) in [6.45, 7) is 4.16. The van der Waals surface area contributed by atoms with E-state index in [1.165, 1.54) is 31.4 Å². The van der Waals surface area contributed by atoms with Crippen molar-refractivity contribution in [1.82, 2.24) is 10.9 Å². The van der Waals surface area contributed by atoms with Crippen LogP contribution < -0.4 is 20.3 Å². The minimum atomic E-state index is -3.46. The predicted octanol–water partition coefficient (Wildman–Crippen LogP) is 2.27. The number of hydrazine groups is 1. The highest BCUT2D eigenvalue weighted by Gasteiger charge is 2.16. The van der Waals surface area contributed by atoms with E-state index in [0.29, 0.717) is 23.7 Å². The number of hydrogen-bond donors (Lipinski definition) is 2. The molecule has 0 bridgehead atoms. The lowest BCUT2D eigenvalue weighted by atomic mass is 10.1. The topological polar surface area (TPSA) is 111 Å². The second kappa shape index (κ2) is 9.42. The van der Waals surface area contributed by atoms with Crippen LogP contribution in [-0.2, 0) is 9.84 Å². The van der Waals surface area contributed by atoms with E-state index in [1.54, 1.807) is 19.1 Å². The van der Waals surface area contributed by atoms with Crippen LogP contribution >= 0.6 is 0 Å². The number of nitrogens with one attached hydrogen (secondary N) is 2. The average molecular weight is 420 g/mol. The molecule has 0 saturated heterocycles. The fourth-order valence-electron chi connectivity index (χ4n) is 2.47. The Morgan fingerprint density at radius 2 is 1.69 bits per heavy atom. The molecule has 0 fully saturated rings. The van der Waals surface area contributed by atoms with Gasteiger partial charge in [-0.3, -0.25) is 20.4 Å². The normalized spacial score (nSPS) is 10.9. The monoisotopic (exact) mass is 420 g/mol. The molecule has 2 N–H and O–H groups in total. The molecule has 0 radical (unpaired) electrons. The molecule has 0 aliphatic heterocycles. The lowest BCUT2D eigenvalue weighted by Gasteiger charge is -2.13. The molecule has 2 aromatic carbocycles. The molecule has 2 amide bonds. The molecule has 0 unspecified atom stereocenters. The second-order valence-corrected chi connectivity index (χ2v) is 8.39. The van der Waals surface area contributed by atoms with Crippen LogP contribution in [0, 0.1) is 6.92 Å². The van der Waals surface area contributed by atoms with Crippen LogP contribution in [0.15, 0.2) is 41.3 Å². The number of hydrogen-bond acceptors (Lipinski definition) is 6. The third-order valence-corrected chi connectivity index (χ3v) is 5.17. The Bertz CT molecular complexity index is 1020. The first-order chi connectivity index (χ1) is 13.7. The van der Waals surface area contributed by atoms with Crippen LogP contribution in [0.1, 0.15) is 39.6 Å². The summed E-state index contributed by atoms with van der Waals surface area (Å²) < 4.78 is 34.2. The van der Waals surface area contributed by atoms with Crippen LogP contribution in [0.2, 0.25) is 0 Å². The summed E-state index contributed by atoms with van der Waals surface area (Å²) in [6, 6.07) is 8.90. The lowest BCUT2D eigenvalue weighted by molar-refractivity contribution is 0.0846. The molecule has 2 aromatic rings. The smallest absolute Gasteiger partial charge is 0.270 e. The molecular formula is C20H24N2O6S. The van der Waals surface area contributed by atoms with Gasteiger partial charge in [0, 0.05) is 17.4 Å². The van der Waals surface area contributed by atoms with Crippen molar-refractivity contribution in [2.24, 2.45) is 0 Å². The van der Waals surface area contributed by atoms with E-state index in [2.05, 4.69) is 10.9 Å². The Morgan fingerprint density at radius 3 is 2.31 bits per heavy atom. The zero-order valence-corrected chi connectivity index (χ0v) is 17.6. The van der Waals surface area contributed by atoms with Gasteiger partial charge in [-0.15, -0.1) is 0 Å². The van der Waals surface area contributed by atoms with Gasteiger partial charge in [-0.05, 0) is 49.2 Å². The first-order valence-corrected chi connectivity index (χ1v) is 10.8. The lowest BCUT2D eigenvalue weighted by Crippen LogP contribution is -2.41. The summed E-state index contributed by atoms with van der Waals surface area (Å²) in [4.78, 5) is 24.8. The van der Waals surface area contributed by atoms with E-state index in [9.17, 15) is 18.0 Å². The number of methoxy groups -OCH3 is 1. The highest BCUT2D eigenvalue weighted by molar-refractivity contribution is 7.90. The molecule has 0 spiro atoms. The fourth-order valence-corrected chi connectivity index (χ4v) is 3.12. The van der Waals surface area contributed by atoms with Crippen molar-refractivity contribution in [2.45, 2.75) is 25.2 Å². The van der Waals surface area contributed by atoms with E-state index in [4.69, 9.17) is 9.47 Å². The standard InChI is InChI=1S/C20H24N2O6S/c1-5-10-28-17-9-7-14(11-18(17)27-3)19(23)21-22-20(24)16-12-15(29(4,25)26)8-6-13(16)2/h6-9,11-12H,5,10H2,1-4H3,(H,21,23)(H,22,24). The van der Waals surface area contributed by atoms with Crippen molar-refractivity contribution in [3.05, 3.63) is 53.1 Å².